The van der Waals surface area contributed by atoms with E-state index in [2.05, 4.69) is 26.1 Å². The van der Waals surface area contributed by atoms with Gasteiger partial charge in [0.1, 0.15) is 12.6 Å². The van der Waals surface area contributed by atoms with Crippen LogP contribution in [0.2, 0.25) is 0 Å². The van der Waals surface area contributed by atoms with Gasteiger partial charge in [-0.3, -0.25) is 4.79 Å². The minimum Gasteiger partial charge on any atom is -0.490 e. The summed E-state index contributed by atoms with van der Waals surface area (Å²) in [4.78, 5) is 26.4. The Hall–Kier alpha value is -3.26. The molecule has 2 atom stereocenters. The fourth-order valence-corrected chi connectivity index (χ4v) is 11.2. The van der Waals surface area contributed by atoms with Crippen molar-refractivity contribution in [3.63, 3.8) is 0 Å². The van der Waals surface area contributed by atoms with Crippen LogP contribution in [0.1, 0.15) is 347 Å². The van der Waals surface area contributed by atoms with E-state index in [1.807, 2.05) is 42.5 Å². The molecule has 0 aliphatic carbocycles. The zero-order chi connectivity index (χ0) is 58.2. The van der Waals surface area contributed by atoms with Gasteiger partial charge < -0.3 is 30.0 Å². The molecule has 0 aromatic heterocycles. The Balaban J connectivity index is 1.99. The second-order valence-electron chi connectivity index (χ2n) is 24.5. The van der Waals surface area contributed by atoms with E-state index in [1.54, 1.807) is 6.92 Å². The molecule has 0 saturated carbocycles. The lowest BCUT2D eigenvalue weighted by atomic mass is 10.0. The molecule has 0 bridgehead atoms. The van der Waals surface area contributed by atoms with Gasteiger partial charge in [-0.05, 0) is 55.9 Å². The summed E-state index contributed by atoms with van der Waals surface area (Å²) in [5.74, 6) is 1.05. The lowest BCUT2D eigenvalue weighted by Crippen LogP contribution is -2.48. The zero-order valence-electron chi connectivity index (χ0n) is 53.7. The van der Waals surface area contributed by atoms with Crippen LogP contribution in [0, 0.1) is 0 Å². The number of benzene rings is 2. The van der Waals surface area contributed by atoms with E-state index in [0.29, 0.717) is 43.5 Å². The first-order chi connectivity index (χ1) is 39.9. The monoisotopic (exact) mass is 1130 g/mol. The summed E-state index contributed by atoms with van der Waals surface area (Å²) in [6.45, 7) is 10.3. The van der Waals surface area contributed by atoms with Crippen molar-refractivity contribution in [2.75, 3.05) is 19.8 Å². The molecule has 8 nitrogen and oxygen atoms in total. The van der Waals surface area contributed by atoms with Crippen molar-refractivity contribution in [3.05, 3.63) is 53.6 Å². The second-order valence-corrected chi connectivity index (χ2v) is 24.5. The minimum absolute atomic E-state index is 0.0132. The van der Waals surface area contributed by atoms with Crippen molar-refractivity contribution in [1.29, 1.82) is 0 Å². The van der Waals surface area contributed by atoms with E-state index >= 15 is 0 Å². The molecule has 0 radical (unpaired) electrons. The minimum atomic E-state index is -0.863. The smallest absolute Gasteiger partial charge is 0.328 e. The maximum Gasteiger partial charge on any atom is 0.328 e. The van der Waals surface area contributed by atoms with Crippen molar-refractivity contribution < 1.29 is 28.5 Å². The normalized spacial score (nSPS) is 12.2. The molecule has 1 amide bonds. The van der Waals surface area contributed by atoms with Gasteiger partial charge in [-0.15, -0.1) is 0 Å². The molecular formula is C73H130N2O6. The van der Waals surface area contributed by atoms with Gasteiger partial charge in [-0.1, -0.05) is 340 Å². The van der Waals surface area contributed by atoms with Crippen LogP contribution >= 0.6 is 0 Å². The summed E-state index contributed by atoms with van der Waals surface area (Å²) in [7, 11) is 0. The molecule has 2 rings (SSSR count). The van der Waals surface area contributed by atoms with Crippen molar-refractivity contribution in [3.8, 4) is 17.2 Å². The molecule has 0 heterocycles. The number of hydrogen-bond donors (Lipinski definition) is 2. The molecule has 2 aromatic rings. The maximum atomic E-state index is 13.4. The molecule has 81 heavy (non-hydrogen) atoms. The summed E-state index contributed by atoms with van der Waals surface area (Å²) in [5, 5.41) is 2.77. The van der Waals surface area contributed by atoms with Crippen LogP contribution in [0.15, 0.2) is 42.5 Å². The van der Waals surface area contributed by atoms with Crippen molar-refractivity contribution in [2.24, 2.45) is 5.73 Å². The number of nitrogens with one attached hydrogen (secondary N) is 1. The lowest BCUT2D eigenvalue weighted by molar-refractivity contribution is -0.148. The Morgan fingerprint density at radius 2 is 0.679 bits per heavy atom. The van der Waals surface area contributed by atoms with Gasteiger partial charge in [0.15, 0.2) is 11.5 Å². The molecule has 3 N–H and O–H groups in total. The molecule has 468 valence electrons. The lowest BCUT2D eigenvalue weighted by Gasteiger charge is -2.20. The zero-order valence-corrected chi connectivity index (χ0v) is 53.7. The Morgan fingerprint density at radius 1 is 0.395 bits per heavy atom. The number of carbonyl (C=O) groups excluding carboxylic acids is 2. The molecule has 0 unspecified atom stereocenters. The standard InChI is InChI=1S/C73H130N2O6/c1-5-8-11-14-17-20-23-26-29-32-35-38-41-44-47-53-58-78-69-62-67(64-81-73(77)65(4)75-72(76)68(74)61-66-56-51-50-52-57-66)63-70(79-59-54-48-45-42-39-36-33-30-27-24-21-18-15-12-9-6-2)71(69)80-60-55-49-46-43-40-37-34-31-28-25-22-19-16-13-10-7-3/h50-52,56-57,62-63,65,68H,5-49,53-55,58-61,64,74H2,1-4H3,(H,75,76)/t65-,68-/m0/s1. The molecule has 8 heteroatoms. The first-order valence-electron chi connectivity index (χ1n) is 35.2. The number of rotatable bonds is 61. The first kappa shape index (κ1) is 73.8. The van der Waals surface area contributed by atoms with Gasteiger partial charge in [-0.2, -0.15) is 0 Å². The summed E-state index contributed by atoms with van der Waals surface area (Å²) in [5.41, 5.74) is 7.99. The van der Waals surface area contributed by atoms with Gasteiger partial charge in [0.05, 0.1) is 25.9 Å². The number of unbranched alkanes of at least 4 members (excludes halogenated alkanes) is 45. The second kappa shape index (κ2) is 55.9. The largest absolute Gasteiger partial charge is 0.490 e. The van der Waals surface area contributed by atoms with Gasteiger partial charge in [0.2, 0.25) is 11.7 Å². The van der Waals surface area contributed by atoms with Gasteiger partial charge in [0, 0.05) is 0 Å². The van der Waals surface area contributed by atoms with E-state index in [9.17, 15) is 9.59 Å². The van der Waals surface area contributed by atoms with Crippen LogP contribution in [0.3, 0.4) is 0 Å². The van der Waals surface area contributed by atoms with Crippen LogP contribution < -0.4 is 25.3 Å². The van der Waals surface area contributed by atoms with Gasteiger partial charge in [-0.25, -0.2) is 4.79 Å². The van der Waals surface area contributed by atoms with E-state index in [1.165, 1.54) is 270 Å². The fraction of sp³-hybridized carbons (Fsp3) is 0.808. The number of nitrogens with two attached hydrogens (primary N) is 1. The summed E-state index contributed by atoms with van der Waals surface area (Å²) < 4.78 is 25.8. The molecular weight excluding hydrogens is 1000 g/mol. The quantitative estimate of drug-likeness (QED) is 0.0502. The molecule has 0 aliphatic heterocycles. The van der Waals surface area contributed by atoms with E-state index < -0.39 is 18.1 Å². The topological polar surface area (TPSA) is 109 Å². The summed E-state index contributed by atoms with van der Waals surface area (Å²) >= 11 is 0. The SMILES string of the molecule is CCCCCCCCCCCCCCCCCCOc1cc(COC(=O)[C@H](C)NC(=O)[C@@H](N)Cc2ccccc2)cc(OCCCCCCCCCCCCCCCCCC)c1OCCCCCCCCCCCCCCCCCC. The third-order valence-corrected chi connectivity index (χ3v) is 16.6. The van der Waals surface area contributed by atoms with Crippen LogP contribution in [-0.4, -0.2) is 43.8 Å². The number of ether oxygens (including phenoxy) is 4. The van der Waals surface area contributed by atoms with Crippen molar-refractivity contribution >= 4 is 11.9 Å². The van der Waals surface area contributed by atoms with Crippen LogP contribution in [0.5, 0.6) is 17.2 Å². The van der Waals surface area contributed by atoms with Gasteiger partial charge in [0.25, 0.3) is 0 Å². The summed E-state index contributed by atoms with van der Waals surface area (Å²) in [6, 6.07) is 12.0. The maximum absolute atomic E-state index is 13.4. The van der Waals surface area contributed by atoms with Crippen LogP contribution in [-0.2, 0) is 27.4 Å². The van der Waals surface area contributed by atoms with E-state index in [0.717, 1.165) is 49.7 Å². The highest BCUT2D eigenvalue weighted by Crippen LogP contribution is 2.40. The Bertz CT molecular complexity index is 1630. The van der Waals surface area contributed by atoms with Crippen LogP contribution in [0.25, 0.3) is 0 Å². The number of hydrogen-bond acceptors (Lipinski definition) is 7. The third kappa shape index (κ3) is 44.0. The van der Waals surface area contributed by atoms with Crippen LogP contribution in [0.4, 0.5) is 0 Å². The molecule has 0 saturated heterocycles. The molecule has 0 aliphatic rings. The highest BCUT2D eigenvalue weighted by Gasteiger charge is 2.23. The van der Waals surface area contributed by atoms with Crippen molar-refractivity contribution in [1.82, 2.24) is 5.32 Å². The number of carbonyl (C=O) groups is 2. The summed E-state index contributed by atoms with van der Waals surface area (Å²) in [6.07, 6.45) is 64.1. The average molecular weight is 1130 g/mol. The highest BCUT2D eigenvalue weighted by molar-refractivity contribution is 5.87. The molecule has 0 fully saturated rings. The number of amides is 1. The predicted octanol–water partition coefficient (Wildman–Crippen LogP) is 21.7. The fourth-order valence-electron chi connectivity index (χ4n) is 11.2. The number of esters is 1. The Labute approximate surface area is 500 Å². The highest BCUT2D eigenvalue weighted by atomic mass is 16.5. The first-order valence-corrected chi connectivity index (χ1v) is 35.2. The van der Waals surface area contributed by atoms with E-state index in [-0.39, 0.29) is 12.5 Å². The Kier molecular flexibility index (Phi) is 51.0. The average Bonchev–Trinajstić information content (AvgIpc) is 3.59. The molecule has 2 aromatic carbocycles. The third-order valence-electron chi connectivity index (χ3n) is 16.6. The molecule has 0 spiro atoms. The van der Waals surface area contributed by atoms with Gasteiger partial charge >= 0.3 is 5.97 Å². The van der Waals surface area contributed by atoms with Crippen molar-refractivity contribution in [2.45, 2.75) is 361 Å². The van der Waals surface area contributed by atoms with E-state index in [4.69, 9.17) is 24.7 Å². The Morgan fingerprint density at radius 3 is 0.988 bits per heavy atom. The predicted molar refractivity (Wildman–Crippen MR) is 347 cm³/mol.